The Morgan fingerprint density at radius 2 is 1.94 bits per heavy atom. The van der Waals surface area contributed by atoms with Crippen LogP contribution in [0, 0.1) is 5.92 Å². The maximum absolute atomic E-state index is 12.3. The minimum absolute atomic E-state index is 0.000346. The zero-order valence-electron chi connectivity index (χ0n) is 10.6. The van der Waals surface area contributed by atoms with Crippen molar-refractivity contribution in [3.8, 4) is 0 Å². The molecule has 1 unspecified atom stereocenters. The fourth-order valence-corrected chi connectivity index (χ4v) is 2.88. The van der Waals surface area contributed by atoms with E-state index in [1.54, 1.807) is 0 Å². The van der Waals surface area contributed by atoms with Gasteiger partial charge in [0, 0.05) is 26.1 Å². The lowest BCUT2D eigenvalue weighted by Gasteiger charge is -2.34. The lowest BCUT2D eigenvalue weighted by Crippen LogP contribution is -2.47. The van der Waals surface area contributed by atoms with E-state index in [0.29, 0.717) is 25.4 Å². The molecule has 2 fully saturated rings. The van der Waals surface area contributed by atoms with E-state index in [2.05, 4.69) is 5.32 Å². The van der Waals surface area contributed by atoms with Gasteiger partial charge in [0.1, 0.15) is 0 Å². The first-order valence-electron chi connectivity index (χ1n) is 6.72. The van der Waals surface area contributed by atoms with Crippen LogP contribution < -0.4 is 5.32 Å². The summed E-state index contributed by atoms with van der Waals surface area (Å²) in [5.74, 6) is 0.297. The molecule has 1 N–H and O–H groups in total. The SMILES string of the molecule is CN(C(=O)C1CCC(=O)NC1)C1CCCCC1. The molecule has 1 aliphatic heterocycles. The minimum Gasteiger partial charge on any atom is -0.355 e. The third-order valence-electron chi connectivity index (χ3n) is 4.08. The first-order chi connectivity index (χ1) is 8.18. The van der Waals surface area contributed by atoms with Gasteiger partial charge >= 0.3 is 0 Å². The molecule has 1 atom stereocenters. The maximum atomic E-state index is 12.3. The molecule has 0 aromatic heterocycles. The molecule has 4 heteroatoms. The Hall–Kier alpha value is -1.06. The Bertz CT molecular complexity index is 288. The van der Waals surface area contributed by atoms with E-state index in [-0.39, 0.29) is 17.7 Å². The number of carbonyl (C=O) groups is 2. The molecule has 4 nitrogen and oxygen atoms in total. The monoisotopic (exact) mass is 238 g/mol. The predicted octanol–water partition coefficient (Wildman–Crippen LogP) is 1.30. The molecule has 1 aliphatic carbocycles. The van der Waals surface area contributed by atoms with Crippen molar-refractivity contribution in [2.45, 2.75) is 51.0 Å². The molecule has 1 saturated heterocycles. The molecule has 0 spiro atoms. The average molecular weight is 238 g/mol. The Morgan fingerprint density at radius 3 is 2.53 bits per heavy atom. The molecule has 2 aliphatic rings. The number of amides is 2. The molecular weight excluding hydrogens is 216 g/mol. The summed E-state index contributed by atoms with van der Waals surface area (Å²) >= 11 is 0. The molecule has 0 bridgehead atoms. The molecule has 0 aromatic carbocycles. The largest absolute Gasteiger partial charge is 0.355 e. The molecule has 0 radical (unpaired) electrons. The van der Waals surface area contributed by atoms with E-state index in [0.717, 1.165) is 12.8 Å². The second-order valence-electron chi connectivity index (χ2n) is 5.28. The van der Waals surface area contributed by atoms with Crippen molar-refractivity contribution in [2.24, 2.45) is 5.92 Å². The summed E-state index contributed by atoms with van der Waals surface area (Å²) in [5.41, 5.74) is 0. The van der Waals surface area contributed by atoms with Crippen molar-refractivity contribution in [2.75, 3.05) is 13.6 Å². The van der Waals surface area contributed by atoms with Gasteiger partial charge in [-0.2, -0.15) is 0 Å². The van der Waals surface area contributed by atoms with Crippen LogP contribution in [0.5, 0.6) is 0 Å². The van der Waals surface area contributed by atoms with Gasteiger partial charge in [-0.25, -0.2) is 0 Å². The smallest absolute Gasteiger partial charge is 0.227 e. The zero-order valence-corrected chi connectivity index (χ0v) is 10.6. The van der Waals surface area contributed by atoms with Crippen LogP contribution in [0.4, 0.5) is 0 Å². The van der Waals surface area contributed by atoms with Crippen molar-refractivity contribution < 1.29 is 9.59 Å². The summed E-state index contributed by atoms with van der Waals surface area (Å²) < 4.78 is 0. The first kappa shape index (κ1) is 12.4. The number of hydrogen-bond acceptors (Lipinski definition) is 2. The number of carbonyl (C=O) groups excluding carboxylic acids is 2. The lowest BCUT2D eigenvalue weighted by molar-refractivity contribution is -0.138. The Morgan fingerprint density at radius 1 is 1.24 bits per heavy atom. The predicted molar refractivity (Wildman–Crippen MR) is 65.4 cm³/mol. The average Bonchev–Trinajstić information content (AvgIpc) is 2.39. The summed E-state index contributed by atoms with van der Waals surface area (Å²) in [6.45, 7) is 0.523. The van der Waals surface area contributed by atoms with Gasteiger partial charge in [0.05, 0.1) is 5.92 Å². The normalized spacial score (nSPS) is 26.4. The quantitative estimate of drug-likeness (QED) is 0.788. The van der Waals surface area contributed by atoms with Crippen LogP contribution >= 0.6 is 0 Å². The number of rotatable bonds is 2. The summed E-state index contributed by atoms with van der Waals surface area (Å²) in [4.78, 5) is 25.3. The van der Waals surface area contributed by atoms with E-state index in [1.165, 1.54) is 19.3 Å². The van der Waals surface area contributed by atoms with Crippen LogP contribution in [0.15, 0.2) is 0 Å². The summed E-state index contributed by atoms with van der Waals surface area (Å²) in [7, 11) is 1.93. The lowest BCUT2D eigenvalue weighted by atomic mass is 9.92. The third kappa shape index (κ3) is 2.99. The highest BCUT2D eigenvalue weighted by Crippen LogP contribution is 2.24. The molecule has 1 heterocycles. The van der Waals surface area contributed by atoms with E-state index in [4.69, 9.17) is 0 Å². The Kier molecular flexibility index (Phi) is 4.02. The van der Waals surface area contributed by atoms with Gasteiger partial charge in [0.2, 0.25) is 11.8 Å². The number of piperidine rings is 1. The van der Waals surface area contributed by atoms with E-state index >= 15 is 0 Å². The van der Waals surface area contributed by atoms with Gasteiger partial charge in [0.15, 0.2) is 0 Å². The number of nitrogens with one attached hydrogen (secondary N) is 1. The van der Waals surface area contributed by atoms with E-state index in [9.17, 15) is 9.59 Å². The van der Waals surface area contributed by atoms with Crippen LogP contribution in [-0.4, -0.2) is 36.3 Å². The van der Waals surface area contributed by atoms with Gasteiger partial charge in [-0.1, -0.05) is 19.3 Å². The molecule has 17 heavy (non-hydrogen) atoms. The van der Waals surface area contributed by atoms with Gasteiger partial charge in [-0.15, -0.1) is 0 Å². The van der Waals surface area contributed by atoms with Gasteiger partial charge < -0.3 is 10.2 Å². The molecule has 1 saturated carbocycles. The summed E-state index contributed by atoms with van der Waals surface area (Å²) in [6, 6.07) is 0.425. The van der Waals surface area contributed by atoms with Crippen molar-refractivity contribution >= 4 is 11.8 Å². The Balaban J connectivity index is 1.87. The molecule has 96 valence electrons. The van der Waals surface area contributed by atoms with Gasteiger partial charge in [0.25, 0.3) is 0 Å². The maximum Gasteiger partial charge on any atom is 0.227 e. The number of hydrogen-bond donors (Lipinski definition) is 1. The van der Waals surface area contributed by atoms with Crippen molar-refractivity contribution in [3.63, 3.8) is 0 Å². The number of nitrogens with zero attached hydrogens (tertiary/aromatic N) is 1. The van der Waals surface area contributed by atoms with E-state index in [1.807, 2.05) is 11.9 Å². The van der Waals surface area contributed by atoms with E-state index < -0.39 is 0 Å². The van der Waals surface area contributed by atoms with Crippen LogP contribution in [0.2, 0.25) is 0 Å². The van der Waals surface area contributed by atoms with Crippen molar-refractivity contribution in [1.82, 2.24) is 10.2 Å². The van der Waals surface area contributed by atoms with Crippen LogP contribution in [0.1, 0.15) is 44.9 Å². The van der Waals surface area contributed by atoms with Crippen LogP contribution in [0.3, 0.4) is 0 Å². The zero-order chi connectivity index (χ0) is 12.3. The van der Waals surface area contributed by atoms with Crippen molar-refractivity contribution in [1.29, 1.82) is 0 Å². The van der Waals surface area contributed by atoms with Crippen molar-refractivity contribution in [3.05, 3.63) is 0 Å². The highest BCUT2D eigenvalue weighted by molar-refractivity contribution is 5.83. The molecule has 0 aromatic rings. The second-order valence-corrected chi connectivity index (χ2v) is 5.28. The highest BCUT2D eigenvalue weighted by atomic mass is 16.2. The van der Waals surface area contributed by atoms with Crippen LogP contribution in [0.25, 0.3) is 0 Å². The standard InChI is InChI=1S/C13H22N2O2/c1-15(11-5-3-2-4-6-11)13(17)10-7-8-12(16)14-9-10/h10-11H,2-9H2,1H3,(H,14,16). The topological polar surface area (TPSA) is 49.4 Å². The highest BCUT2D eigenvalue weighted by Gasteiger charge is 2.30. The fourth-order valence-electron chi connectivity index (χ4n) is 2.88. The summed E-state index contributed by atoms with van der Waals surface area (Å²) in [5, 5.41) is 2.78. The van der Waals surface area contributed by atoms with Gasteiger partial charge in [-0.05, 0) is 19.3 Å². The molecular formula is C13H22N2O2. The first-order valence-corrected chi connectivity index (χ1v) is 6.72. The fraction of sp³-hybridized carbons (Fsp3) is 0.846. The minimum atomic E-state index is -0.000346. The van der Waals surface area contributed by atoms with Crippen LogP contribution in [-0.2, 0) is 9.59 Å². The second kappa shape index (κ2) is 5.52. The Labute approximate surface area is 103 Å². The molecule has 2 amide bonds. The third-order valence-corrected chi connectivity index (χ3v) is 4.08. The van der Waals surface area contributed by atoms with Gasteiger partial charge in [-0.3, -0.25) is 9.59 Å². The summed E-state index contributed by atoms with van der Waals surface area (Å²) in [6.07, 6.45) is 7.27. The molecule has 2 rings (SSSR count).